The zero-order valence-electron chi connectivity index (χ0n) is 14.0. The molecule has 0 amide bonds. The number of hydrogen-bond acceptors (Lipinski definition) is 1. The average molecular weight is 304 g/mol. The van der Waals surface area contributed by atoms with E-state index in [2.05, 4.69) is 72.4 Å². The SMILES string of the molecule is Cc1ccc(CNC2CCc3c(n(C)c4ccccc34)C2)cc1. The van der Waals surface area contributed by atoms with Gasteiger partial charge >= 0.3 is 0 Å². The van der Waals surface area contributed by atoms with E-state index in [1.54, 1.807) is 5.56 Å². The quantitative estimate of drug-likeness (QED) is 0.770. The van der Waals surface area contributed by atoms with Crippen molar-refractivity contribution >= 4 is 10.9 Å². The summed E-state index contributed by atoms with van der Waals surface area (Å²) in [6.07, 6.45) is 3.54. The molecule has 0 spiro atoms. The molecule has 1 aromatic heterocycles. The summed E-state index contributed by atoms with van der Waals surface area (Å²) >= 11 is 0. The van der Waals surface area contributed by atoms with Gasteiger partial charge in [0.1, 0.15) is 0 Å². The lowest BCUT2D eigenvalue weighted by Gasteiger charge is -2.25. The number of nitrogens with zero attached hydrogens (tertiary/aromatic N) is 1. The van der Waals surface area contributed by atoms with Crippen LogP contribution in [0.4, 0.5) is 0 Å². The lowest BCUT2D eigenvalue weighted by Crippen LogP contribution is -2.34. The van der Waals surface area contributed by atoms with Gasteiger partial charge in [0.05, 0.1) is 0 Å². The maximum Gasteiger partial charge on any atom is 0.0482 e. The summed E-state index contributed by atoms with van der Waals surface area (Å²) in [4.78, 5) is 0. The normalized spacial score (nSPS) is 17.4. The van der Waals surface area contributed by atoms with Crippen LogP contribution in [0.15, 0.2) is 48.5 Å². The monoisotopic (exact) mass is 304 g/mol. The summed E-state index contributed by atoms with van der Waals surface area (Å²) in [6.45, 7) is 3.10. The molecule has 0 saturated heterocycles. The molecule has 2 nitrogen and oxygen atoms in total. The first-order chi connectivity index (χ1) is 11.2. The van der Waals surface area contributed by atoms with Crippen molar-refractivity contribution in [2.45, 2.75) is 38.8 Å². The molecular formula is C21H24N2. The van der Waals surface area contributed by atoms with Crippen LogP contribution >= 0.6 is 0 Å². The van der Waals surface area contributed by atoms with E-state index in [1.165, 1.54) is 40.6 Å². The topological polar surface area (TPSA) is 17.0 Å². The Bertz CT molecular complexity index is 827. The molecule has 4 rings (SSSR count). The molecule has 0 bridgehead atoms. The third kappa shape index (κ3) is 2.68. The Morgan fingerprint density at radius 3 is 2.70 bits per heavy atom. The zero-order chi connectivity index (χ0) is 15.8. The number of rotatable bonds is 3. The van der Waals surface area contributed by atoms with Crippen LogP contribution in [-0.2, 0) is 26.4 Å². The summed E-state index contributed by atoms with van der Waals surface area (Å²) in [5.74, 6) is 0. The second-order valence-electron chi connectivity index (χ2n) is 6.81. The molecule has 0 saturated carbocycles. The third-order valence-corrected chi connectivity index (χ3v) is 5.24. The van der Waals surface area contributed by atoms with Gasteiger partial charge in [-0.05, 0) is 37.0 Å². The smallest absolute Gasteiger partial charge is 0.0482 e. The predicted molar refractivity (Wildman–Crippen MR) is 96.8 cm³/mol. The van der Waals surface area contributed by atoms with Crippen molar-refractivity contribution in [2.24, 2.45) is 7.05 Å². The lowest BCUT2D eigenvalue weighted by molar-refractivity contribution is 0.449. The number of hydrogen-bond donors (Lipinski definition) is 1. The van der Waals surface area contributed by atoms with Gasteiger partial charge in [0.25, 0.3) is 0 Å². The molecule has 0 aliphatic heterocycles. The van der Waals surface area contributed by atoms with Crippen LogP contribution in [0.25, 0.3) is 10.9 Å². The van der Waals surface area contributed by atoms with E-state index in [-0.39, 0.29) is 0 Å². The Morgan fingerprint density at radius 2 is 1.87 bits per heavy atom. The molecule has 1 unspecified atom stereocenters. The third-order valence-electron chi connectivity index (χ3n) is 5.24. The summed E-state index contributed by atoms with van der Waals surface area (Å²) in [6, 6.07) is 18.2. The van der Waals surface area contributed by atoms with Crippen LogP contribution in [-0.4, -0.2) is 10.6 Å². The van der Waals surface area contributed by atoms with Gasteiger partial charge in [0, 0.05) is 42.7 Å². The Balaban J connectivity index is 1.51. The largest absolute Gasteiger partial charge is 0.347 e. The fourth-order valence-corrected chi connectivity index (χ4v) is 3.86. The molecule has 1 aliphatic carbocycles. The van der Waals surface area contributed by atoms with Crippen LogP contribution in [0.5, 0.6) is 0 Å². The van der Waals surface area contributed by atoms with E-state index in [9.17, 15) is 0 Å². The Kier molecular flexibility index (Phi) is 3.70. The van der Waals surface area contributed by atoms with Crippen molar-refractivity contribution < 1.29 is 0 Å². The molecule has 1 N–H and O–H groups in total. The van der Waals surface area contributed by atoms with E-state index >= 15 is 0 Å². The van der Waals surface area contributed by atoms with Crippen molar-refractivity contribution in [3.63, 3.8) is 0 Å². The number of fused-ring (bicyclic) bond motifs is 3. The number of nitrogens with one attached hydrogen (secondary N) is 1. The average Bonchev–Trinajstić information content (AvgIpc) is 2.87. The molecule has 1 aliphatic rings. The van der Waals surface area contributed by atoms with Crippen molar-refractivity contribution in [1.29, 1.82) is 0 Å². The first-order valence-electron chi connectivity index (χ1n) is 8.56. The van der Waals surface area contributed by atoms with Gasteiger partial charge in [-0.3, -0.25) is 0 Å². The molecule has 118 valence electrons. The van der Waals surface area contributed by atoms with Gasteiger partial charge < -0.3 is 9.88 Å². The molecule has 1 heterocycles. The minimum Gasteiger partial charge on any atom is -0.347 e. The second kappa shape index (κ2) is 5.86. The molecule has 0 radical (unpaired) electrons. The van der Waals surface area contributed by atoms with E-state index < -0.39 is 0 Å². The number of aromatic nitrogens is 1. The minimum atomic E-state index is 0.576. The number of para-hydroxylation sites is 1. The molecule has 1 atom stereocenters. The van der Waals surface area contributed by atoms with E-state index in [4.69, 9.17) is 0 Å². The Hall–Kier alpha value is -2.06. The predicted octanol–water partition coefficient (Wildman–Crippen LogP) is 4.13. The highest BCUT2D eigenvalue weighted by atomic mass is 15.0. The highest BCUT2D eigenvalue weighted by Gasteiger charge is 2.23. The summed E-state index contributed by atoms with van der Waals surface area (Å²) < 4.78 is 2.39. The summed E-state index contributed by atoms with van der Waals surface area (Å²) in [5.41, 5.74) is 7.15. The molecular weight excluding hydrogens is 280 g/mol. The Labute approximate surface area is 138 Å². The lowest BCUT2D eigenvalue weighted by atomic mass is 9.91. The van der Waals surface area contributed by atoms with Crippen LogP contribution in [0.2, 0.25) is 0 Å². The van der Waals surface area contributed by atoms with Gasteiger partial charge in [-0.1, -0.05) is 48.0 Å². The van der Waals surface area contributed by atoms with Gasteiger partial charge in [0.2, 0.25) is 0 Å². The van der Waals surface area contributed by atoms with Crippen molar-refractivity contribution in [3.05, 3.63) is 70.9 Å². The molecule has 3 aromatic rings. The minimum absolute atomic E-state index is 0.576. The fraction of sp³-hybridized carbons (Fsp3) is 0.333. The summed E-state index contributed by atoms with van der Waals surface area (Å²) in [7, 11) is 2.21. The van der Waals surface area contributed by atoms with E-state index in [0.29, 0.717) is 6.04 Å². The molecule has 2 heteroatoms. The van der Waals surface area contributed by atoms with Gasteiger partial charge in [-0.15, -0.1) is 0 Å². The van der Waals surface area contributed by atoms with Crippen molar-refractivity contribution in [1.82, 2.24) is 9.88 Å². The maximum atomic E-state index is 3.76. The first-order valence-corrected chi connectivity index (χ1v) is 8.56. The maximum absolute atomic E-state index is 3.76. The Morgan fingerprint density at radius 1 is 1.09 bits per heavy atom. The standard InChI is InChI=1S/C21H24N2/c1-15-7-9-16(10-8-15)14-22-17-11-12-19-18-5-3-4-6-20(18)23(2)21(19)13-17/h3-10,17,22H,11-14H2,1-2H3. The number of aryl methyl sites for hydroxylation is 3. The molecule has 23 heavy (non-hydrogen) atoms. The van der Waals surface area contributed by atoms with Crippen LogP contribution < -0.4 is 5.32 Å². The highest BCUT2D eigenvalue weighted by Crippen LogP contribution is 2.31. The molecule has 0 fully saturated rings. The van der Waals surface area contributed by atoms with Gasteiger partial charge in [0.15, 0.2) is 0 Å². The highest BCUT2D eigenvalue weighted by molar-refractivity contribution is 5.85. The van der Waals surface area contributed by atoms with E-state index in [1.807, 2.05) is 0 Å². The fourth-order valence-electron chi connectivity index (χ4n) is 3.86. The van der Waals surface area contributed by atoms with Gasteiger partial charge in [-0.25, -0.2) is 0 Å². The van der Waals surface area contributed by atoms with Crippen LogP contribution in [0, 0.1) is 6.92 Å². The van der Waals surface area contributed by atoms with Crippen molar-refractivity contribution in [3.8, 4) is 0 Å². The number of benzene rings is 2. The zero-order valence-corrected chi connectivity index (χ0v) is 14.0. The van der Waals surface area contributed by atoms with Crippen LogP contribution in [0.1, 0.15) is 28.8 Å². The van der Waals surface area contributed by atoms with E-state index in [0.717, 1.165) is 13.0 Å². The first kappa shape index (κ1) is 14.5. The second-order valence-corrected chi connectivity index (χ2v) is 6.81. The van der Waals surface area contributed by atoms with Gasteiger partial charge in [-0.2, -0.15) is 0 Å². The summed E-state index contributed by atoms with van der Waals surface area (Å²) in [5, 5.41) is 5.20. The van der Waals surface area contributed by atoms with Crippen molar-refractivity contribution in [2.75, 3.05) is 0 Å². The van der Waals surface area contributed by atoms with Crippen LogP contribution in [0.3, 0.4) is 0 Å². The molecule has 2 aromatic carbocycles.